The Morgan fingerprint density at radius 2 is 1.71 bits per heavy atom. The van der Waals surface area contributed by atoms with E-state index in [2.05, 4.69) is 0 Å². The molecule has 21 heavy (non-hydrogen) atoms. The highest BCUT2D eigenvalue weighted by Crippen LogP contribution is 2.21. The number of likely N-dealkylation sites (tertiary alicyclic amines) is 1. The van der Waals surface area contributed by atoms with Crippen molar-refractivity contribution < 1.29 is 14.4 Å². The Balaban J connectivity index is 1.85. The number of carbonyl (C=O) groups excluding carboxylic acids is 3. The van der Waals surface area contributed by atoms with Gasteiger partial charge in [-0.2, -0.15) is 0 Å². The van der Waals surface area contributed by atoms with Gasteiger partial charge in [0.1, 0.15) is 0 Å². The molecule has 0 radical (unpaired) electrons. The lowest BCUT2D eigenvalue weighted by atomic mass is 10.1. The second-order valence-electron chi connectivity index (χ2n) is 5.80. The summed E-state index contributed by atoms with van der Waals surface area (Å²) >= 11 is 0. The number of carbonyl (C=O) groups is 3. The zero-order valence-electron chi connectivity index (χ0n) is 13.0. The number of rotatable bonds is 4. The van der Waals surface area contributed by atoms with Crippen LogP contribution in [0.3, 0.4) is 0 Å². The van der Waals surface area contributed by atoms with Gasteiger partial charge in [0, 0.05) is 52.1 Å². The van der Waals surface area contributed by atoms with Gasteiger partial charge in [0.15, 0.2) is 0 Å². The molecule has 3 amide bonds. The molecule has 0 spiro atoms. The maximum Gasteiger partial charge on any atom is 0.228 e. The summed E-state index contributed by atoms with van der Waals surface area (Å²) in [6.45, 7) is 7.57. The largest absolute Gasteiger partial charge is 0.342 e. The standard InChI is InChI=1S/C15H25N3O3/c1-3-5-18-11-12(10-14(18)20)15(21)17-8-6-16(7-9-17)13(19)4-2/h12H,3-11H2,1-2H3. The predicted molar refractivity (Wildman–Crippen MR) is 78.4 cm³/mol. The number of amides is 3. The van der Waals surface area contributed by atoms with E-state index in [0.29, 0.717) is 45.6 Å². The smallest absolute Gasteiger partial charge is 0.228 e. The molecule has 0 aromatic carbocycles. The molecule has 6 nitrogen and oxygen atoms in total. The van der Waals surface area contributed by atoms with Gasteiger partial charge < -0.3 is 14.7 Å². The minimum Gasteiger partial charge on any atom is -0.342 e. The van der Waals surface area contributed by atoms with Crippen LogP contribution in [0.4, 0.5) is 0 Å². The molecule has 2 saturated heterocycles. The molecule has 1 unspecified atom stereocenters. The Morgan fingerprint density at radius 3 is 2.29 bits per heavy atom. The van der Waals surface area contributed by atoms with E-state index in [4.69, 9.17) is 0 Å². The number of hydrogen-bond acceptors (Lipinski definition) is 3. The van der Waals surface area contributed by atoms with Gasteiger partial charge in [0.05, 0.1) is 5.92 Å². The van der Waals surface area contributed by atoms with E-state index >= 15 is 0 Å². The average Bonchev–Trinajstić information content (AvgIpc) is 2.87. The molecule has 6 heteroatoms. The topological polar surface area (TPSA) is 60.9 Å². The normalized spacial score (nSPS) is 22.9. The fourth-order valence-corrected chi connectivity index (χ4v) is 3.08. The highest BCUT2D eigenvalue weighted by molar-refractivity contribution is 5.89. The van der Waals surface area contributed by atoms with E-state index < -0.39 is 0 Å². The van der Waals surface area contributed by atoms with Gasteiger partial charge in [-0.15, -0.1) is 0 Å². The summed E-state index contributed by atoms with van der Waals surface area (Å²) in [5, 5.41) is 0. The van der Waals surface area contributed by atoms with E-state index in [1.54, 1.807) is 4.90 Å². The SMILES string of the molecule is CCCN1CC(C(=O)N2CCN(C(=O)CC)CC2)CC1=O. The fourth-order valence-electron chi connectivity index (χ4n) is 3.08. The molecule has 2 aliphatic heterocycles. The lowest BCUT2D eigenvalue weighted by molar-refractivity contribution is -0.141. The summed E-state index contributed by atoms with van der Waals surface area (Å²) in [4.78, 5) is 41.4. The lowest BCUT2D eigenvalue weighted by Gasteiger charge is -2.35. The van der Waals surface area contributed by atoms with E-state index in [-0.39, 0.29) is 23.6 Å². The lowest BCUT2D eigenvalue weighted by Crippen LogP contribution is -2.52. The fraction of sp³-hybridized carbons (Fsp3) is 0.800. The van der Waals surface area contributed by atoms with E-state index in [0.717, 1.165) is 13.0 Å². The first-order valence-corrected chi connectivity index (χ1v) is 7.91. The Kier molecular flexibility index (Phi) is 5.20. The molecule has 0 aromatic heterocycles. The summed E-state index contributed by atoms with van der Waals surface area (Å²) < 4.78 is 0. The summed E-state index contributed by atoms with van der Waals surface area (Å²) in [7, 11) is 0. The average molecular weight is 295 g/mol. The first-order chi connectivity index (χ1) is 10.1. The van der Waals surface area contributed by atoms with Crippen molar-refractivity contribution >= 4 is 17.7 Å². The maximum absolute atomic E-state index is 12.5. The van der Waals surface area contributed by atoms with Crippen molar-refractivity contribution in [3.8, 4) is 0 Å². The summed E-state index contributed by atoms with van der Waals surface area (Å²) in [6, 6.07) is 0. The molecule has 1 atom stereocenters. The van der Waals surface area contributed by atoms with Gasteiger partial charge >= 0.3 is 0 Å². The first kappa shape index (κ1) is 15.8. The van der Waals surface area contributed by atoms with Gasteiger partial charge in [-0.3, -0.25) is 14.4 Å². The molecule has 0 N–H and O–H groups in total. The number of hydrogen-bond donors (Lipinski definition) is 0. The molecule has 0 aromatic rings. The first-order valence-electron chi connectivity index (χ1n) is 7.91. The van der Waals surface area contributed by atoms with Gasteiger partial charge in [-0.05, 0) is 6.42 Å². The molecule has 0 saturated carbocycles. The molecule has 0 aliphatic carbocycles. The highest BCUT2D eigenvalue weighted by Gasteiger charge is 2.37. The quantitative estimate of drug-likeness (QED) is 0.751. The second-order valence-corrected chi connectivity index (χ2v) is 5.80. The van der Waals surface area contributed by atoms with Crippen molar-refractivity contribution in [2.75, 3.05) is 39.3 Å². The van der Waals surface area contributed by atoms with Crippen LogP contribution in [0.2, 0.25) is 0 Å². The molecule has 2 rings (SSSR count). The van der Waals surface area contributed by atoms with Crippen LogP contribution in [0.25, 0.3) is 0 Å². The zero-order valence-corrected chi connectivity index (χ0v) is 13.0. The summed E-state index contributed by atoms with van der Waals surface area (Å²) in [5.41, 5.74) is 0. The van der Waals surface area contributed by atoms with Crippen molar-refractivity contribution in [3.63, 3.8) is 0 Å². The van der Waals surface area contributed by atoms with Crippen molar-refractivity contribution in [1.29, 1.82) is 0 Å². The van der Waals surface area contributed by atoms with E-state index in [1.807, 2.05) is 23.6 Å². The van der Waals surface area contributed by atoms with Gasteiger partial charge in [-0.25, -0.2) is 0 Å². The van der Waals surface area contributed by atoms with Gasteiger partial charge in [0.25, 0.3) is 0 Å². The van der Waals surface area contributed by atoms with Crippen molar-refractivity contribution in [3.05, 3.63) is 0 Å². The minimum absolute atomic E-state index is 0.0746. The Labute approximate surface area is 126 Å². The van der Waals surface area contributed by atoms with Crippen LogP contribution in [-0.2, 0) is 14.4 Å². The third kappa shape index (κ3) is 3.54. The maximum atomic E-state index is 12.5. The Bertz CT molecular complexity index is 416. The number of nitrogens with zero attached hydrogens (tertiary/aromatic N) is 3. The minimum atomic E-state index is -0.197. The van der Waals surface area contributed by atoms with Crippen LogP contribution < -0.4 is 0 Å². The van der Waals surface area contributed by atoms with Crippen molar-refractivity contribution in [2.24, 2.45) is 5.92 Å². The molecular weight excluding hydrogens is 270 g/mol. The molecule has 2 heterocycles. The van der Waals surface area contributed by atoms with Crippen LogP contribution in [0, 0.1) is 5.92 Å². The molecular formula is C15H25N3O3. The van der Waals surface area contributed by atoms with Crippen molar-refractivity contribution in [2.45, 2.75) is 33.1 Å². The van der Waals surface area contributed by atoms with E-state index in [9.17, 15) is 14.4 Å². The summed E-state index contributed by atoms with van der Waals surface area (Å²) in [5.74, 6) is 0.116. The van der Waals surface area contributed by atoms with E-state index in [1.165, 1.54) is 0 Å². The van der Waals surface area contributed by atoms with Crippen molar-refractivity contribution in [1.82, 2.24) is 14.7 Å². The monoisotopic (exact) mass is 295 g/mol. The second kappa shape index (κ2) is 6.91. The van der Waals surface area contributed by atoms with Gasteiger partial charge in [-0.1, -0.05) is 13.8 Å². The van der Waals surface area contributed by atoms with Gasteiger partial charge in [0.2, 0.25) is 17.7 Å². The Hall–Kier alpha value is -1.59. The van der Waals surface area contributed by atoms with Crippen LogP contribution in [-0.4, -0.2) is 71.7 Å². The summed E-state index contributed by atoms with van der Waals surface area (Å²) in [6.07, 6.45) is 1.77. The molecule has 118 valence electrons. The molecule has 2 fully saturated rings. The van der Waals surface area contributed by atoms with Crippen LogP contribution in [0.15, 0.2) is 0 Å². The third-order valence-electron chi connectivity index (χ3n) is 4.30. The highest BCUT2D eigenvalue weighted by atomic mass is 16.2. The van der Waals surface area contributed by atoms with Crippen LogP contribution in [0.5, 0.6) is 0 Å². The zero-order chi connectivity index (χ0) is 15.4. The van der Waals surface area contributed by atoms with Crippen LogP contribution in [0.1, 0.15) is 33.1 Å². The molecule has 0 bridgehead atoms. The van der Waals surface area contributed by atoms with Crippen LogP contribution >= 0.6 is 0 Å². The number of piperazine rings is 1. The predicted octanol–water partition coefficient (Wildman–Crippen LogP) is 0.326. The third-order valence-corrected chi connectivity index (χ3v) is 4.30. The Morgan fingerprint density at radius 1 is 1.10 bits per heavy atom. The molecule has 2 aliphatic rings.